The number of aryl methyl sites for hydroxylation is 1. The fourth-order valence-corrected chi connectivity index (χ4v) is 5.93. The molecule has 0 fully saturated rings. The Morgan fingerprint density at radius 2 is 1.77 bits per heavy atom. The van der Waals surface area contributed by atoms with Crippen molar-refractivity contribution in [3.8, 4) is 0 Å². The van der Waals surface area contributed by atoms with Crippen molar-refractivity contribution in [2.75, 3.05) is 11.4 Å². The quantitative estimate of drug-likeness (QED) is 0.352. The molecule has 162 valence electrons. The van der Waals surface area contributed by atoms with Crippen LogP contribution in [0.15, 0.2) is 65.9 Å². The van der Waals surface area contributed by atoms with Crippen molar-refractivity contribution in [3.63, 3.8) is 0 Å². The maximum atomic E-state index is 2.57. The molecule has 1 aliphatic rings. The lowest BCUT2D eigenvalue weighted by atomic mass is 9.83. The summed E-state index contributed by atoms with van der Waals surface area (Å²) >= 11 is 1.90. The molecule has 2 heterocycles. The van der Waals surface area contributed by atoms with Crippen molar-refractivity contribution in [3.05, 3.63) is 76.4 Å². The second-order valence-electron chi connectivity index (χ2n) is 8.90. The van der Waals surface area contributed by atoms with Gasteiger partial charge in [0.05, 0.1) is 0 Å². The van der Waals surface area contributed by atoms with Crippen LogP contribution in [-0.4, -0.2) is 6.54 Å². The Kier molecular flexibility index (Phi) is 6.34. The molecular weight excluding hydrogens is 396 g/mol. The molecule has 2 nitrogen and oxygen atoms in total. The van der Waals surface area contributed by atoms with Crippen LogP contribution in [0.1, 0.15) is 64.5 Å². The third-order valence-electron chi connectivity index (χ3n) is 6.53. The van der Waals surface area contributed by atoms with E-state index in [1.165, 1.54) is 50.6 Å². The molecule has 3 aromatic rings. The van der Waals surface area contributed by atoms with Crippen LogP contribution < -0.4 is 9.47 Å². The molecule has 0 aliphatic carbocycles. The number of unbranched alkanes of at least 4 members (excludes halogenated alkanes) is 1. The van der Waals surface area contributed by atoms with Crippen molar-refractivity contribution < 1.29 is 4.57 Å². The first-order chi connectivity index (χ1) is 15.0. The van der Waals surface area contributed by atoms with E-state index >= 15 is 0 Å². The Balaban J connectivity index is 1.81. The summed E-state index contributed by atoms with van der Waals surface area (Å²) in [5.74, 6) is 0. The number of aromatic nitrogens is 1. The van der Waals surface area contributed by atoms with Crippen molar-refractivity contribution >= 4 is 33.3 Å². The van der Waals surface area contributed by atoms with Crippen LogP contribution in [0.4, 0.5) is 5.69 Å². The molecule has 0 atom stereocenters. The van der Waals surface area contributed by atoms with Crippen LogP contribution in [0, 0.1) is 0 Å². The third-order valence-corrected chi connectivity index (χ3v) is 7.64. The Morgan fingerprint density at radius 1 is 1.03 bits per heavy atom. The van der Waals surface area contributed by atoms with Gasteiger partial charge in [-0.15, -0.1) is 0 Å². The van der Waals surface area contributed by atoms with Gasteiger partial charge in [0.25, 0.3) is 5.01 Å². The number of anilines is 1. The zero-order valence-electron chi connectivity index (χ0n) is 19.6. The summed E-state index contributed by atoms with van der Waals surface area (Å²) < 4.78 is 3.80. The summed E-state index contributed by atoms with van der Waals surface area (Å²) in [6, 6.07) is 17.7. The summed E-state index contributed by atoms with van der Waals surface area (Å²) in [5.41, 5.74) is 7.00. The zero-order valence-corrected chi connectivity index (χ0v) is 20.4. The normalized spacial score (nSPS) is 17.0. The number of fused-ring (bicyclic) bond motifs is 2. The fraction of sp³-hybridized carbons (Fsp3) is 0.393. The summed E-state index contributed by atoms with van der Waals surface area (Å²) in [5, 5.41) is 1.34. The van der Waals surface area contributed by atoms with Crippen LogP contribution >= 0.6 is 11.3 Å². The highest BCUT2D eigenvalue weighted by molar-refractivity contribution is 7.18. The number of rotatable bonds is 7. The summed E-state index contributed by atoms with van der Waals surface area (Å²) in [7, 11) is 0. The van der Waals surface area contributed by atoms with Gasteiger partial charge >= 0.3 is 0 Å². The number of hydrogen-bond donors (Lipinski definition) is 0. The van der Waals surface area contributed by atoms with Gasteiger partial charge in [-0.1, -0.05) is 75.8 Å². The van der Waals surface area contributed by atoms with Crippen LogP contribution in [0.2, 0.25) is 0 Å². The molecule has 0 saturated heterocycles. The predicted molar refractivity (Wildman–Crippen MR) is 136 cm³/mol. The van der Waals surface area contributed by atoms with E-state index < -0.39 is 0 Å². The Bertz CT molecular complexity index is 1130. The zero-order chi connectivity index (χ0) is 22.0. The van der Waals surface area contributed by atoms with E-state index in [4.69, 9.17) is 0 Å². The SMILES string of the molecule is CCCCN1/C(=C/C(=C/c2sc3ccccc3[n+]2CC)CC)C(C)(C)c2ccccc21. The molecule has 4 rings (SSSR count). The summed E-state index contributed by atoms with van der Waals surface area (Å²) in [6.45, 7) is 13.6. The van der Waals surface area contributed by atoms with Crippen LogP contribution in [0.25, 0.3) is 16.3 Å². The Morgan fingerprint density at radius 3 is 2.52 bits per heavy atom. The third kappa shape index (κ3) is 3.96. The molecule has 0 saturated carbocycles. The van der Waals surface area contributed by atoms with Crippen LogP contribution in [0.5, 0.6) is 0 Å². The highest BCUT2D eigenvalue weighted by atomic mass is 32.1. The predicted octanol–water partition coefficient (Wildman–Crippen LogP) is 7.48. The highest BCUT2D eigenvalue weighted by Gasteiger charge is 2.39. The summed E-state index contributed by atoms with van der Waals surface area (Å²) in [4.78, 5) is 2.57. The minimum atomic E-state index is 0.0134. The van der Waals surface area contributed by atoms with Gasteiger partial charge in [0.1, 0.15) is 11.2 Å². The molecular formula is C28H35N2S+. The number of para-hydroxylation sites is 2. The van der Waals surface area contributed by atoms with E-state index in [0.29, 0.717) is 0 Å². The maximum Gasteiger partial charge on any atom is 0.263 e. The molecule has 0 bridgehead atoms. The largest absolute Gasteiger partial charge is 0.344 e. The van der Waals surface area contributed by atoms with Crippen LogP contribution in [-0.2, 0) is 12.0 Å². The second kappa shape index (κ2) is 9.00. The van der Waals surface area contributed by atoms with Gasteiger partial charge in [-0.3, -0.25) is 0 Å². The monoisotopic (exact) mass is 431 g/mol. The van der Waals surface area contributed by atoms with E-state index in [1.54, 1.807) is 0 Å². The molecule has 0 spiro atoms. The van der Waals surface area contributed by atoms with E-state index in [-0.39, 0.29) is 5.41 Å². The number of benzene rings is 2. The minimum absolute atomic E-state index is 0.0134. The van der Waals surface area contributed by atoms with Gasteiger partial charge in [0.2, 0.25) is 5.52 Å². The minimum Gasteiger partial charge on any atom is -0.344 e. The topological polar surface area (TPSA) is 7.12 Å². The smallest absolute Gasteiger partial charge is 0.263 e. The van der Waals surface area contributed by atoms with Gasteiger partial charge in [-0.2, -0.15) is 4.57 Å². The molecule has 0 radical (unpaired) electrons. The van der Waals surface area contributed by atoms with Gasteiger partial charge < -0.3 is 4.90 Å². The van der Waals surface area contributed by atoms with Crippen LogP contribution in [0.3, 0.4) is 0 Å². The number of thiazole rings is 1. The van der Waals surface area contributed by atoms with E-state index in [2.05, 4.69) is 105 Å². The van der Waals surface area contributed by atoms with Gasteiger partial charge in [0, 0.05) is 35.5 Å². The van der Waals surface area contributed by atoms with Gasteiger partial charge in [-0.05, 0) is 49.1 Å². The van der Waals surface area contributed by atoms with E-state index in [9.17, 15) is 0 Å². The average Bonchev–Trinajstić information content (AvgIpc) is 3.24. The molecule has 0 N–H and O–H groups in total. The second-order valence-corrected chi connectivity index (χ2v) is 9.96. The first-order valence-electron chi connectivity index (χ1n) is 11.7. The first kappa shape index (κ1) is 21.8. The lowest BCUT2D eigenvalue weighted by molar-refractivity contribution is -0.665. The van der Waals surface area contributed by atoms with Crippen molar-refractivity contribution in [1.29, 1.82) is 0 Å². The number of hydrogen-bond acceptors (Lipinski definition) is 2. The van der Waals surface area contributed by atoms with Crippen molar-refractivity contribution in [1.82, 2.24) is 0 Å². The van der Waals surface area contributed by atoms with Gasteiger partial charge in [-0.25, -0.2) is 0 Å². The number of allylic oxidation sites excluding steroid dienone is 3. The first-order valence-corrected chi connectivity index (χ1v) is 12.5. The van der Waals surface area contributed by atoms with E-state index in [1.807, 2.05) is 11.3 Å². The Hall–Kier alpha value is -2.39. The molecule has 1 aromatic heterocycles. The molecule has 1 aliphatic heterocycles. The fourth-order valence-electron chi connectivity index (χ4n) is 4.72. The molecule has 0 unspecified atom stereocenters. The van der Waals surface area contributed by atoms with Gasteiger partial charge in [0.15, 0.2) is 0 Å². The lowest BCUT2D eigenvalue weighted by Crippen LogP contribution is -2.33. The maximum absolute atomic E-state index is 2.57. The molecule has 0 amide bonds. The average molecular weight is 432 g/mol. The Labute approximate surface area is 191 Å². The summed E-state index contributed by atoms with van der Waals surface area (Å²) in [6.07, 6.45) is 8.33. The number of nitrogens with zero attached hydrogens (tertiary/aromatic N) is 2. The van der Waals surface area contributed by atoms with Crippen molar-refractivity contribution in [2.45, 2.75) is 65.8 Å². The lowest BCUT2D eigenvalue weighted by Gasteiger charge is -2.27. The highest BCUT2D eigenvalue weighted by Crippen LogP contribution is 2.48. The standard InChI is InChI=1S/C28H35N2S/c1-6-9-18-30-23-15-11-10-14-22(23)28(4,5)26(30)19-21(7-2)20-27-29(8-3)24-16-12-13-17-25(24)31-27/h10-17,19-20H,6-9,18H2,1-5H3/q+1. The van der Waals surface area contributed by atoms with Crippen molar-refractivity contribution in [2.24, 2.45) is 0 Å². The van der Waals surface area contributed by atoms with E-state index in [0.717, 1.165) is 19.5 Å². The molecule has 2 aromatic carbocycles. The molecule has 31 heavy (non-hydrogen) atoms. The molecule has 3 heteroatoms.